The number of amides is 1. The van der Waals surface area contributed by atoms with E-state index in [0.29, 0.717) is 5.57 Å². The Labute approximate surface area is 112 Å². The summed E-state index contributed by atoms with van der Waals surface area (Å²) in [5, 5.41) is 2.51. The lowest BCUT2D eigenvalue weighted by Gasteiger charge is -2.32. The highest BCUT2D eigenvalue weighted by atomic mass is 32.2. The molecule has 0 saturated heterocycles. The Hall–Kier alpha value is -1.86. The Morgan fingerprint density at radius 3 is 2.53 bits per heavy atom. The van der Waals surface area contributed by atoms with Crippen molar-refractivity contribution in [3.8, 4) is 0 Å². The van der Waals surface area contributed by atoms with Crippen molar-refractivity contribution in [3.63, 3.8) is 0 Å². The van der Waals surface area contributed by atoms with Gasteiger partial charge in [0.25, 0.3) is 0 Å². The maximum atomic E-state index is 11.9. The van der Waals surface area contributed by atoms with E-state index in [9.17, 15) is 13.2 Å². The molecule has 1 aliphatic rings. The summed E-state index contributed by atoms with van der Waals surface area (Å²) in [6.45, 7) is 0. The van der Waals surface area contributed by atoms with Gasteiger partial charge in [-0.2, -0.15) is 12.7 Å². The van der Waals surface area contributed by atoms with Crippen LogP contribution in [-0.4, -0.2) is 32.7 Å². The SMILES string of the molecule is CNC(=O)C1=CNS(=O)(=O)N(C)C1c1ccccc1. The molecule has 2 rings (SSSR count). The van der Waals surface area contributed by atoms with Crippen LogP contribution >= 0.6 is 0 Å². The number of hydrogen-bond acceptors (Lipinski definition) is 3. The third kappa shape index (κ3) is 2.47. The fourth-order valence-electron chi connectivity index (χ4n) is 1.99. The minimum absolute atomic E-state index is 0.317. The highest BCUT2D eigenvalue weighted by Gasteiger charge is 2.36. The second kappa shape index (κ2) is 5.02. The number of benzene rings is 1. The minimum atomic E-state index is -3.61. The third-order valence-corrected chi connectivity index (χ3v) is 4.39. The number of carbonyl (C=O) groups is 1. The average molecular weight is 281 g/mol. The molecular formula is C12H15N3O3S. The van der Waals surface area contributed by atoms with Gasteiger partial charge in [0.15, 0.2) is 0 Å². The van der Waals surface area contributed by atoms with Crippen LogP contribution in [0.15, 0.2) is 42.1 Å². The van der Waals surface area contributed by atoms with E-state index in [2.05, 4.69) is 10.0 Å². The van der Waals surface area contributed by atoms with Gasteiger partial charge in [-0.15, -0.1) is 0 Å². The monoisotopic (exact) mass is 281 g/mol. The summed E-state index contributed by atoms with van der Waals surface area (Å²) in [6, 6.07) is 8.39. The van der Waals surface area contributed by atoms with Crippen LogP contribution < -0.4 is 10.0 Å². The van der Waals surface area contributed by atoms with Gasteiger partial charge in [0.1, 0.15) is 0 Å². The van der Waals surface area contributed by atoms with Crippen LogP contribution in [-0.2, 0) is 15.0 Å². The lowest BCUT2D eigenvalue weighted by molar-refractivity contribution is -0.117. The molecule has 0 aliphatic carbocycles. The molecule has 6 nitrogen and oxygen atoms in total. The normalized spacial score (nSPS) is 22.2. The molecule has 1 aliphatic heterocycles. The fraction of sp³-hybridized carbons (Fsp3) is 0.250. The van der Waals surface area contributed by atoms with Gasteiger partial charge in [0.05, 0.1) is 11.6 Å². The molecule has 7 heteroatoms. The number of likely N-dealkylation sites (N-methyl/N-ethyl adjacent to an activating group) is 2. The van der Waals surface area contributed by atoms with E-state index in [1.807, 2.05) is 6.07 Å². The van der Waals surface area contributed by atoms with Crippen molar-refractivity contribution in [2.45, 2.75) is 6.04 Å². The van der Waals surface area contributed by atoms with E-state index in [1.165, 1.54) is 20.3 Å². The first-order valence-electron chi connectivity index (χ1n) is 5.69. The zero-order valence-electron chi connectivity index (χ0n) is 10.6. The van der Waals surface area contributed by atoms with Gasteiger partial charge in [-0.3, -0.25) is 9.52 Å². The molecule has 0 fully saturated rings. The van der Waals surface area contributed by atoms with E-state index in [-0.39, 0.29) is 5.91 Å². The van der Waals surface area contributed by atoms with E-state index in [1.54, 1.807) is 24.3 Å². The summed E-state index contributed by atoms with van der Waals surface area (Å²) in [4.78, 5) is 11.9. The van der Waals surface area contributed by atoms with Crippen LogP contribution in [0.4, 0.5) is 0 Å². The largest absolute Gasteiger partial charge is 0.355 e. The van der Waals surface area contributed by atoms with Gasteiger partial charge < -0.3 is 5.32 Å². The van der Waals surface area contributed by atoms with E-state index < -0.39 is 16.3 Å². The molecule has 0 spiro atoms. The Kier molecular flexibility index (Phi) is 3.59. The maximum absolute atomic E-state index is 11.9. The summed E-state index contributed by atoms with van der Waals surface area (Å²) in [6.07, 6.45) is 1.24. The lowest BCUT2D eigenvalue weighted by atomic mass is 9.99. The number of nitrogens with one attached hydrogen (secondary N) is 2. The van der Waals surface area contributed by atoms with Crippen molar-refractivity contribution in [1.29, 1.82) is 0 Å². The summed E-state index contributed by atoms with van der Waals surface area (Å²) in [5.41, 5.74) is 1.09. The average Bonchev–Trinajstić information content (AvgIpc) is 2.42. The first-order valence-corrected chi connectivity index (χ1v) is 7.14. The quantitative estimate of drug-likeness (QED) is 0.809. The summed E-state index contributed by atoms with van der Waals surface area (Å²) < 4.78 is 27.1. The predicted octanol–water partition coefficient (Wildman–Crippen LogP) is 0.137. The predicted molar refractivity (Wildman–Crippen MR) is 71.2 cm³/mol. The zero-order chi connectivity index (χ0) is 14.0. The Morgan fingerprint density at radius 1 is 1.32 bits per heavy atom. The second-order valence-corrected chi connectivity index (χ2v) is 5.89. The standard InChI is InChI=1S/C12H15N3O3S/c1-13-12(16)10-8-14-19(17,18)15(2)11(10)9-6-4-3-5-7-9/h3-8,11,14H,1-2H3,(H,13,16). The Balaban J connectivity index is 2.54. The summed E-state index contributed by atoms with van der Waals surface area (Å²) >= 11 is 0. The lowest BCUT2D eigenvalue weighted by Crippen LogP contribution is -2.45. The highest BCUT2D eigenvalue weighted by Crippen LogP contribution is 2.31. The topological polar surface area (TPSA) is 78.5 Å². The second-order valence-electron chi connectivity index (χ2n) is 4.13. The molecule has 1 aromatic carbocycles. The molecule has 1 heterocycles. The number of rotatable bonds is 2. The van der Waals surface area contributed by atoms with Crippen LogP contribution in [0.1, 0.15) is 11.6 Å². The number of hydrogen-bond donors (Lipinski definition) is 2. The number of nitrogens with zero attached hydrogens (tertiary/aromatic N) is 1. The van der Waals surface area contributed by atoms with E-state index in [0.717, 1.165) is 9.87 Å². The molecule has 0 saturated carbocycles. The van der Waals surface area contributed by atoms with E-state index in [4.69, 9.17) is 0 Å². The Morgan fingerprint density at radius 2 is 1.95 bits per heavy atom. The summed E-state index contributed by atoms with van der Waals surface area (Å²) in [7, 11) is -0.658. The third-order valence-electron chi connectivity index (χ3n) is 3.01. The van der Waals surface area contributed by atoms with Gasteiger partial charge in [-0.25, -0.2) is 0 Å². The fourth-order valence-corrected chi connectivity index (χ4v) is 2.95. The smallest absolute Gasteiger partial charge is 0.301 e. The molecule has 1 atom stereocenters. The zero-order valence-corrected chi connectivity index (χ0v) is 11.4. The summed E-state index contributed by atoms with van der Waals surface area (Å²) in [5.74, 6) is -0.317. The van der Waals surface area contributed by atoms with Gasteiger partial charge >= 0.3 is 10.2 Å². The van der Waals surface area contributed by atoms with Crippen LogP contribution in [0.2, 0.25) is 0 Å². The van der Waals surface area contributed by atoms with Crippen molar-refractivity contribution >= 4 is 16.1 Å². The molecule has 19 heavy (non-hydrogen) atoms. The van der Waals surface area contributed by atoms with Crippen molar-refractivity contribution < 1.29 is 13.2 Å². The minimum Gasteiger partial charge on any atom is -0.355 e. The Bertz CT molecular complexity index is 610. The van der Waals surface area contributed by atoms with Crippen molar-refractivity contribution in [1.82, 2.24) is 14.3 Å². The maximum Gasteiger partial charge on any atom is 0.301 e. The van der Waals surface area contributed by atoms with Crippen molar-refractivity contribution in [2.24, 2.45) is 0 Å². The molecule has 102 valence electrons. The molecular weight excluding hydrogens is 266 g/mol. The van der Waals surface area contributed by atoms with Crippen molar-refractivity contribution in [3.05, 3.63) is 47.7 Å². The molecule has 0 bridgehead atoms. The van der Waals surface area contributed by atoms with E-state index >= 15 is 0 Å². The van der Waals surface area contributed by atoms with Gasteiger partial charge in [0.2, 0.25) is 5.91 Å². The first-order chi connectivity index (χ1) is 8.97. The van der Waals surface area contributed by atoms with Crippen LogP contribution in [0.3, 0.4) is 0 Å². The van der Waals surface area contributed by atoms with Crippen molar-refractivity contribution in [2.75, 3.05) is 14.1 Å². The molecule has 1 unspecified atom stereocenters. The van der Waals surface area contributed by atoms with Gasteiger partial charge in [-0.05, 0) is 5.56 Å². The van der Waals surface area contributed by atoms with Crippen LogP contribution in [0.25, 0.3) is 0 Å². The molecule has 0 aromatic heterocycles. The molecule has 1 aromatic rings. The van der Waals surface area contributed by atoms with Gasteiger partial charge in [0, 0.05) is 20.3 Å². The number of carbonyl (C=O) groups excluding carboxylic acids is 1. The molecule has 0 radical (unpaired) electrons. The highest BCUT2D eigenvalue weighted by molar-refractivity contribution is 7.87. The van der Waals surface area contributed by atoms with Gasteiger partial charge in [-0.1, -0.05) is 30.3 Å². The molecule has 2 N–H and O–H groups in total. The first kappa shape index (κ1) is 13.6. The molecule has 1 amide bonds. The van der Waals surface area contributed by atoms with Crippen LogP contribution in [0.5, 0.6) is 0 Å². The van der Waals surface area contributed by atoms with Crippen LogP contribution in [0, 0.1) is 0 Å².